The second-order valence-electron chi connectivity index (χ2n) is 4.52. The number of hydrogen-bond donors (Lipinski definition) is 1. The summed E-state index contributed by atoms with van der Waals surface area (Å²) >= 11 is 9.37. The van der Waals surface area contributed by atoms with Gasteiger partial charge in [0, 0.05) is 21.3 Å². The van der Waals surface area contributed by atoms with Crippen molar-refractivity contribution in [1.82, 2.24) is 0 Å². The molecule has 0 bridgehead atoms. The molecule has 0 fully saturated rings. The molecule has 1 N–H and O–H groups in total. The highest BCUT2D eigenvalue weighted by Gasteiger charge is 2.08. The lowest BCUT2D eigenvalue weighted by atomic mass is 10.2. The van der Waals surface area contributed by atoms with E-state index in [4.69, 9.17) is 11.6 Å². The molecule has 0 aliphatic heterocycles. The van der Waals surface area contributed by atoms with Gasteiger partial charge in [-0.25, -0.2) is 0 Å². The lowest BCUT2D eigenvalue weighted by Gasteiger charge is -2.10. The van der Waals surface area contributed by atoms with Crippen LogP contribution in [0, 0.1) is 6.92 Å². The summed E-state index contributed by atoms with van der Waals surface area (Å²) in [5.41, 5.74) is 1.25. The van der Waals surface area contributed by atoms with Crippen molar-refractivity contribution in [3.8, 4) is 0 Å². The van der Waals surface area contributed by atoms with E-state index in [1.807, 2.05) is 24.3 Å². The average molecular weight is 325 g/mol. The van der Waals surface area contributed by atoms with Gasteiger partial charge >= 0.3 is 0 Å². The number of aryl methyl sites for hydroxylation is 1. The fraction of sp³-hybridized carbons (Fsp3) is 0.250. The van der Waals surface area contributed by atoms with Crippen LogP contribution >= 0.6 is 35.1 Å². The van der Waals surface area contributed by atoms with E-state index in [1.165, 1.54) is 10.5 Å². The summed E-state index contributed by atoms with van der Waals surface area (Å²) in [6, 6.07) is 16.1. The highest BCUT2D eigenvalue weighted by molar-refractivity contribution is 8.00. The van der Waals surface area contributed by atoms with Crippen molar-refractivity contribution in [2.45, 2.75) is 22.8 Å². The van der Waals surface area contributed by atoms with Crippen molar-refractivity contribution in [2.24, 2.45) is 0 Å². The van der Waals surface area contributed by atoms with E-state index in [0.717, 1.165) is 9.92 Å². The molecule has 2 rings (SSSR count). The number of thioether (sulfide) groups is 2. The van der Waals surface area contributed by atoms with Gasteiger partial charge in [0.15, 0.2) is 0 Å². The van der Waals surface area contributed by atoms with Crippen LogP contribution in [0.1, 0.15) is 5.56 Å². The second-order valence-corrected chi connectivity index (χ2v) is 7.08. The molecule has 0 aromatic heterocycles. The van der Waals surface area contributed by atoms with Crippen LogP contribution in [0.3, 0.4) is 0 Å². The van der Waals surface area contributed by atoms with E-state index < -0.39 is 0 Å². The van der Waals surface area contributed by atoms with E-state index in [2.05, 4.69) is 31.2 Å². The van der Waals surface area contributed by atoms with Gasteiger partial charge in [-0.2, -0.15) is 0 Å². The SMILES string of the molecule is Cc1ccc(SCC(O)CSc2ccccc2Cl)cc1. The van der Waals surface area contributed by atoms with Gasteiger partial charge in [0.1, 0.15) is 0 Å². The molecule has 0 heterocycles. The lowest BCUT2D eigenvalue weighted by Crippen LogP contribution is -2.12. The fourth-order valence-electron chi connectivity index (χ4n) is 1.62. The van der Waals surface area contributed by atoms with Gasteiger partial charge in [-0.05, 0) is 31.2 Å². The summed E-state index contributed by atoms with van der Waals surface area (Å²) in [5, 5.41) is 10.8. The summed E-state index contributed by atoms with van der Waals surface area (Å²) < 4.78 is 0. The molecule has 0 spiro atoms. The van der Waals surface area contributed by atoms with Gasteiger partial charge in [-0.1, -0.05) is 41.4 Å². The predicted octanol–water partition coefficient (Wildman–Crippen LogP) is 4.89. The molecule has 0 amide bonds. The number of aliphatic hydroxyl groups is 1. The average Bonchev–Trinajstić information content (AvgIpc) is 2.46. The molecular weight excluding hydrogens is 308 g/mol. The van der Waals surface area contributed by atoms with Gasteiger partial charge in [0.25, 0.3) is 0 Å². The summed E-state index contributed by atoms with van der Waals surface area (Å²) in [6.45, 7) is 2.07. The van der Waals surface area contributed by atoms with Crippen LogP contribution < -0.4 is 0 Å². The van der Waals surface area contributed by atoms with Crippen LogP contribution in [0.2, 0.25) is 5.02 Å². The third kappa shape index (κ3) is 5.06. The number of halogens is 1. The zero-order valence-corrected chi connectivity index (χ0v) is 13.6. The quantitative estimate of drug-likeness (QED) is 0.764. The molecule has 0 saturated carbocycles. The number of benzene rings is 2. The Morgan fingerprint density at radius 3 is 2.35 bits per heavy atom. The molecule has 20 heavy (non-hydrogen) atoms. The number of hydrogen-bond acceptors (Lipinski definition) is 3. The molecule has 1 nitrogen and oxygen atoms in total. The van der Waals surface area contributed by atoms with E-state index in [1.54, 1.807) is 23.5 Å². The molecule has 0 aliphatic rings. The lowest BCUT2D eigenvalue weighted by molar-refractivity contribution is 0.225. The minimum absolute atomic E-state index is 0.345. The van der Waals surface area contributed by atoms with Crippen LogP contribution in [-0.2, 0) is 0 Å². The van der Waals surface area contributed by atoms with Crippen LogP contribution in [0.15, 0.2) is 58.3 Å². The molecule has 2 aromatic carbocycles. The first kappa shape index (κ1) is 15.8. The van der Waals surface area contributed by atoms with Crippen LogP contribution in [-0.4, -0.2) is 22.7 Å². The van der Waals surface area contributed by atoms with Crippen molar-refractivity contribution in [3.05, 3.63) is 59.1 Å². The maximum Gasteiger partial charge on any atom is 0.0727 e. The van der Waals surface area contributed by atoms with Crippen molar-refractivity contribution in [3.63, 3.8) is 0 Å². The smallest absolute Gasteiger partial charge is 0.0727 e. The van der Waals surface area contributed by atoms with E-state index in [-0.39, 0.29) is 6.10 Å². The molecule has 1 unspecified atom stereocenters. The van der Waals surface area contributed by atoms with Gasteiger partial charge in [0.05, 0.1) is 11.1 Å². The zero-order valence-electron chi connectivity index (χ0n) is 11.3. The molecule has 2 aromatic rings. The number of rotatable bonds is 6. The standard InChI is InChI=1S/C16H17ClOS2/c1-12-6-8-14(9-7-12)19-10-13(18)11-20-16-5-3-2-4-15(16)17/h2-9,13,18H,10-11H2,1H3. The Bertz CT molecular complexity index is 542. The molecule has 4 heteroatoms. The normalized spacial score (nSPS) is 12.3. The largest absolute Gasteiger partial charge is 0.391 e. The van der Waals surface area contributed by atoms with Crippen LogP contribution in [0.25, 0.3) is 0 Å². The Balaban J connectivity index is 1.77. The topological polar surface area (TPSA) is 20.2 Å². The summed E-state index contributed by atoms with van der Waals surface area (Å²) in [7, 11) is 0. The predicted molar refractivity (Wildman–Crippen MR) is 90.1 cm³/mol. The highest BCUT2D eigenvalue weighted by Crippen LogP contribution is 2.28. The Kier molecular flexibility index (Phi) is 6.30. The Morgan fingerprint density at radius 1 is 1.00 bits per heavy atom. The number of aliphatic hydroxyl groups excluding tert-OH is 1. The molecule has 1 atom stereocenters. The first-order chi connectivity index (χ1) is 9.65. The summed E-state index contributed by atoms with van der Waals surface area (Å²) in [5.74, 6) is 1.35. The summed E-state index contributed by atoms with van der Waals surface area (Å²) in [6.07, 6.45) is -0.345. The van der Waals surface area contributed by atoms with Crippen molar-refractivity contribution >= 4 is 35.1 Å². The Morgan fingerprint density at radius 2 is 1.65 bits per heavy atom. The van der Waals surface area contributed by atoms with Crippen molar-refractivity contribution in [1.29, 1.82) is 0 Å². The van der Waals surface area contributed by atoms with Gasteiger partial charge < -0.3 is 5.11 Å². The van der Waals surface area contributed by atoms with Crippen molar-refractivity contribution < 1.29 is 5.11 Å². The Hall–Kier alpha value is -0.610. The van der Waals surface area contributed by atoms with Crippen LogP contribution in [0.4, 0.5) is 0 Å². The first-order valence-electron chi connectivity index (χ1n) is 6.40. The third-order valence-corrected chi connectivity index (χ3v) is 5.55. The van der Waals surface area contributed by atoms with Crippen molar-refractivity contribution in [2.75, 3.05) is 11.5 Å². The highest BCUT2D eigenvalue weighted by atomic mass is 35.5. The monoisotopic (exact) mass is 324 g/mol. The maximum atomic E-state index is 10.0. The minimum atomic E-state index is -0.345. The molecule has 106 valence electrons. The molecule has 0 saturated heterocycles. The van der Waals surface area contributed by atoms with Gasteiger partial charge in [-0.3, -0.25) is 0 Å². The molecular formula is C16H17ClOS2. The van der Waals surface area contributed by atoms with Gasteiger partial charge in [0.2, 0.25) is 0 Å². The first-order valence-corrected chi connectivity index (χ1v) is 8.75. The van der Waals surface area contributed by atoms with Crippen LogP contribution in [0.5, 0.6) is 0 Å². The molecule has 0 radical (unpaired) electrons. The second kappa shape index (κ2) is 7.99. The molecule has 0 aliphatic carbocycles. The fourth-order valence-corrected chi connectivity index (χ4v) is 3.77. The van der Waals surface area contributed by atoms with E-state index >= 15 is 0 Å². The summed E-state index contributed by atoms with van der Waals surface area (Å²) in [4.78, 5) is 2.21. The van der Waals surface area contributed by atoms with E-state index in [9.17, 15) is 5.11 Å². The maximum absolute atomic E-state index is 10.0. The Labute approximate surface area is 133 Å². The minimum Gasteiger partial charge on any atom is -0.391 e. The van der Waals surface area contributed by atoms with E-state index in [0.29, 0.717) is 11.5 Å². The van der Waals surface area contributed by atoms with Gasteiger partial charge in [-0.15, -0.1) is 23.5 Å². The third-order valence-electron chi connectivity index (χ3n) is 2.73. The zero-order chi connectivity index (χ0) is 14.4.